The lowest BCUT2D eigenvalue weighted by molar-refractivity contribution is 0.573. The highest BCUT2D eigenvalue weighted by molar-refractivity contribution is 6.30. The SMILES string of the molecule is CNC(c1cc(C)c(F)c(C)c1)c1cccc(Cl)c1F. The van der Waals surface area contributed by atoms with Gasteiger partial charge in [-0.1, -0.05) is 35.9 Å². The third kappa shape index (κ3) is 2.69. The van der Waals surface area contributed by atoms with Crippen molar-refractivity contribution in [1.29, 1.82) is 0 Å². The molecule has 0 aliphatic carbocycles. The first-order chi connectivity index (χ1) is 9.45. The van der Waals surface area contributed by atoms with E-state index in [2.05, 4.69) is 5.32 Å². The quantitative estimate of drug-likeness (QED) is 0.876. The van der Waals surface area contributed by atoms with Crippen LogP contribution in [0.2, 0.25) is 5.02 Å². The van der Waals surface area contributed by atoms with Crippen LogP contribution in [0.3, 0.4) is 0 Å². The summed E-state index contributed by atoms with van der Waals surface area (Å²) in [6.45, 7) is 3.40. The first-order valence-corrected chi connectivity index (χ1v) is 6.71. The summed E-state index contributed by atoms with van der Waals surface area (Å²) in [5.74, 6) is -0.677. The zero-order valence-corrected chi connectivity index (χ0v) is 12.4. The van der Waals surface area contributed by atoms with E-state index in [0.29, 0.717) is 16.7 Å². The number of nitrogens with one attached hydrogen (secondary N) is 1. The largest absolute Gasteiger partial charge is 0.309 e. The van der Waals surface area contributed by atoms with Gasteiger partial charge in [-0.3, -0.25) is 0 Å². The van der Waals surface area contributed by atoms with Gasteiger partial charge in [-0.2, -0.15) is 0 Å². The maximum atomic E-state index is 14.2. The Balaban J connectivity index is 2.55. The molecule has 2 aromatic carbocycles. The lowest BCUT2D eigenvalue weighted by Gasteiger charge is -2.20. The van der Waals surface area contributed by atoms with Gasteiger partial charge in [-0.15, -0.1) is 0 Å². The number of benzene rings is 2. The van der Waals surface area contributed by atoms with Gasteiger partial charge < -0.3 is 5.32 Å². The van der Waals surface area contributed by atoms with E-state index in [4.69, 9.17) is 11.6 Å². The van der Waals surface area contributed by atoms with Crippen LogP contribution in [0.15, 0.2) is 30.3 Å². The highest BCUT2D eigenvalue weighted by Gasteiger charge is 2.19. The molecule has 0 bridgehead atoms. The van der Waals surface area contributed by atoms with Gasteiger partial charge in [0.15, 0.2) is 0 Å². The van der Waals surface area contributed by atoms with Gasteiger partial charge in [-0.05, 0) is 43.7 Å². The summed E-state index contributed by atoms with van der Waals surface area (Å²) in [5, 5.41) is 3.14. The first-order valence-electron chi connectivity index (χ1n) is 6.33. The zero-order valence-electron chi connectivity index (χ0n) is 11.6. The fraction of sp³-hybridized carbons (Fsp3) is 0.250. The molecule has 1 N–H and O–H groups in total. The minimum absolute atomic E-state index is 0.0818. The second-order valence-corrected chi connectivity index (χ2v) is 5.24. The summed E-state index contributed by atoms with van der Waals surface area (Å²) < 4.78 is 27.9. The van der Waals surface area contributed by atoms with Crippen molar-refractivity contribution in [3.63, 3.8) is 0 Å². The van der Waals surface area contributed by atoms with Gasteiger partial charge in [0.2, 0.25) is 0 Å². The molecule has 2 aromatic rings. The maximum Gasteiger partial charge on any atom is 0.146 e. The molecular formula is C16H16ClF2N. The van der Waals surface area contributed by atoms with Crippen molar-refractivity contribution in [3.8, 4) is 0 Å². The van der Waals surface area contributed by atoms with Gasteiger partial charge in [0.1, 0.15) is 11.6 Å². The smallest absolute Gasteiger partial charge is 0.146 e. The number of halogens is 3. The van der Waals surface area contributed by atoms with E-state index in [0.717, 1.165) is 5.56 Å². The first kappa shape index (κ1) is 14.9. The predicted molar refractivity (Wildman–Crippen MR) is 78.2 cm³/mol. The van der Waals surface area contributed by atoms with Gasteiger partial charge in [0, 0.05) is 5.56 Å². The maximum absolute atomic E-state index is 14.2. The molecule has 20 heavy (non-hydrogen) atoms. The molecule has 0 fully saturated rings. The van der Waals surface area contributed by atoms with Crippen LogP contribution in [0.5, 0.6) is 0 Å². The fourth-order valence-electron chi connectivity index (χ4n) is 2.39. The van der Waals surface area contributed by atoms with Crippen LogP contribution < -0.4 is 5.32 Å². The molecular weight excluding hydrogens is 280 g/mol. The Bertz CT molecular complexity index is 617. The van der Waals surface area contributed by atoms with Gasteiger partial charge >= 0.3 is 0 Å². The highest BCUT2D eigenvalue weighted by Crippen LogP contribution is 2.29. The van der Waals surface area contributed by atoms with Crippen molar-refractivity contribution in [2.45, 2.75) is 19.9 Å². The molecule has 2 rings (SSSR count). The lowest BCUT2D eigenvalue weighted by atomic mass is 9.95. The number of rotatable bonds is 3. The van der Waals surface area contributed by atoms with E-state index in [1.807, 2.05) is 0 Å². The van der Waals surface area contributed by atoms with E-state index in [-0.39, 0.29) is 16.9 Å². The zero-order chi connectivity index (χ0) is 14.9. The van der Waals surface area contributed by atoms with Gasteiger partial charge in [-0.25, -0.2) is 8.78 Å². The molecule has 0 amide bonds. The molecule has 0 saturated heterocycles. The van der Waals surface area contributed by atoms with Crippen molar-refractivity contribution < 1.29 is 8.78 Å². The summed E-state index contributed by atoms with van der Waals surface area (Å²) in [4.78, 5) is 0. The molecule has 1 nitrogen and oxygen atoms in total. The summed E-state index contributed by atoms with van der Waals surface area (Å²) in [7, 11) is 1.74. The van der Waals surface area contributed by atoms with E-state index in [1.165, 1.54) is 6.07 Å². The Morgan fingerprint density at radius 1 is 1.05 bits per heavy atom. The Morgan fingerprint density at radius 3 is 2.20 bits per heavy atom. The molecule has 0 aromatic heterocycles. The summed E-state index contributed by atoms with van der Waals surface area (Å²) in [6.07, 6.45) is 0. The van der Waals surface area contributed by atoms with Gasteiger partial charge in [0.05, 0.1) is 11.1 Å². The molecule has 0 radical (unpaired) electrons. The van der Waals surface area contributed by atoms with Crippen LogP contribution in [-0.2, 0) is 0 Å². The molecule has 0 aliphatic heterocycles. The number of hydrogen-bond acceptors (Lipinski definition) is 1. The van der Waals surface area contributed by atoms with E-state index >= 15 is 0 Å². The van der Waals surface area contributed by atoms with Crippen molar-refractivity contribution in [1.82, 2.24) is 5.32 Å². The van der Waals surface area contributed by atoms with Crippen LogP contribution in [0.4, 0.5) is 8.78 Å². The molecule has 0 spiro atoms. The average Bonchev–Trinajstić information content (AvgIpc) is 2.41. The Hall–Kier alpha value is -1.45. The van der Waals surface area contributed by atoms with Crippen LogP contribution in [0.25, 0.3) is 0 Å². The van der Waals surface area contributed by atoms with Crippen molar-refractivity contribution in [3.05, 3.63) is 69.2 Å². The minimum atomic E-state index is -0.451. The highest BCUT2D eigenvalue weighted by atomic mass is 35.5. The van der Waals surface area contributed by atoms with Crippen molar-refractivity contribution in [2.24, 2.45) is 0 Å². The van der Waals surface area contributed by atoms with Gasteiger partial charge in [0.25, 0.3) is 0 Å². The molecule has 0 saturated carbocycles. The van der Waals surface area contributed by atoms with Crippen molar-refractivity contribution >= 4 is 11.6 Å². The molecule has 4 heteroatoms. The fourth-order valence-corrected chi connectivity index (χ4v) is 2.57. The monoisotopic (exact) mass is 295 g/mol. The third-order valence-corrected chi connectivity index (χ3v) is 3.67. The van der Waals surface area contributed by atoms with Crippen LogP contribution in [0.1, 0.15) is 28.3 Å². The van der Waals surface area contributed by atoms with E-state index < -0.39 is 5.82 Å². The summed E-state index contributed by atoms with van der Waals surface area (Å²) in [6, 6.07) is 7.97. The number of hydrogen-bond donors (Lipinski definition) is 1. The van der Waals surface area contributed by atoms with Crippen LogP contribution in [0, 0.1) is 25.5 Å². The Labute approximate surface area is 122 Å². The standard InChI is InChI=1S/C16H16ClF2N/c1-9-7-11(8-10(2)14(9)18)16(20-3)12-5-4-6-13(17)15(12)19/h4-8,16,20H,1-3H3. The van der Waals surface area contributed by atoms with E-state index in [9.17, 15) is 8.78 Å². The molecule has 106 valence electrons. The number of aryl methyl sites for hydroxylation is 2. The molecule has 1 atom stereocenters. The van der Waals surface area contributed by atoms with Crippen LogP contribution >= 0.6 is 11.6 Å². The molecule has 1 unspecified atom stereocenters. The van der Waals surface area contributed by atoms with Crippen LogP contribution in [-0.4, -0.2) is 7.05 Å². The second-order valence-electron chi connectivity index (χ2n) is 4.83. The third-order valence-electron chi connectivity index (χ3n) is 3.37. The van der Waals surface area contributed by atoms with E-state index in [1.54, 1.807) is 45.2 Å². The minimum Gasteiger partial charge on any atom is -0.309 e. The molecule has 0 heterocycles. The predicted octanol–water partition coefficient (Wildman–Crippen LogP) is 4.54. The average molecular weight is 296 g/mol. The molecule has 0 aliphatic rings. The second kappa shape index (κ2) is 5.90. The normalized spacial score (nSPS) is 12.5. The van der Waals surface area contributed by atoms with Crippen molar-refractivity contribution in [2.75, 3.05) is 7.05 Å². The topological polar surface area (TPSA) is 12.0 Å². The summed E-state index contributed by atoms with van der Waals surface area (Å²) in [5.41, 5.74) is 2.35. The Kier molecular flexibility index (Phi) is 4.41. The summed E-state index contributed by atoms with van der Waals surface area (Å²) >= 11 is 5.83. The lowest BCUT2D eigenvalue weighted by Crippen LogP contribution is -2.19. The Morgan fingerprint density at radius 2 is 1.65 bits per heavy atom.